The van der Waals surface area contributed by atoms with E-state index in [2.05, 4.69) is 39.5 Å². The van der Waals surface area contributed by atoms with Crippen LogP contribution in [0.25, 0.3) is 11.4 Å². The first kappa shape index (κ1) is 18.6. The normalized spacial score (nSPS) is 14.9. The van der Waals surface area contributed by atoms with Crippen LogP contribution in [-0.2, 0) is 19.4 Å². The van der Waals surface area contributed by atoms with E-state index in [-0.39, 0.29) is 5.56 Å². The Morgan fingerprint density at radius 2 is 1.68 bits per heavy atom. The van der Waals surface area contributed by atoms with Crippen LogP contribution in [0.1, 0.15) is 16.8 Å². The van der Waals surface area contributed by atoms with Gasteiger partial charge in [0.2, 0.25) is 0 Å². The highest BCUT2D eigenvalue weighted by molar-refractivity contribution is 5.56. The average Bonchev–Trinajstić information content (AvgIpc) is 2.74. The van der Waals surface area contributed by atoms with Gasteiger partial charge in [-0.25, -0.2) is 4.98 Å². The van der Waals surface area contributed by atoms with Crippen molar-refractivity contribution in [3.05, 3.63) is 87.8 Å². The highest BCUT2D eigenvalue weighted by atomic mass is 16.1. The molecule has 1 aromatic heterocycles. The van der Waals surface area contributed by atoms with Gasteiger partial charge in [-0.1, -0.05) is 48.5 Å². The number of nitrogens with zero attached hydrogens (tertiary/aromatic N) is 2. The molecule has 144 valence electrons. The fraction of sp³-hybridized carbons (Fsp3) is 0.304. The first-order valence-electron chi connectivity index (χ1n) is 9.93. The Morgan fingerprint density at radius 1 is 0.893 bits per heavy atom. The van der Waals surface area contributed by atoms with Gasteiger partial charge >= 0.3 is 0 Å². The zero-order chi connectivity index (χ0) is 19.2. The number of piperazine rings is 1. The Kier molecular flexibility index (Phi) is 5.95. The Bertz CT molecular complexity index is 962. The minimum atomic E-state index is -0.0967. The van der Waals surface area contributed by atoms with Gasteiger partial charge in [0.05, 0.1) is 0 Å². The topological polar surface area (TPSA) is 61.0 Å². The largest absolute Gasteiger partial charge is 0.314 e. The maximum absolute atomic E-state index is 12.2. The fourth-order valence-corrected chi connectivity index (χ4v) is 3.63. The third-order valence-electron chi connectivity index (χ3n) is 5.12. The zero-order valence-corrected chi connectivity index (χ0v) is 16.0. The van der Waals surface area contributed by atoms with Crippen LogP contribution in [0.3, 0.4) is 0 Å². The predicted octanol–water partition coefficient (Wildman–Crippen LogP) is 2.63. The number of aryl methyl sites for hydroxylation is 2. The summed E-state index contributed by atoms with van der Waals surface area (Å²) < 4.78 is 0. The van der Waals surface area contributed by atoms with Crippen LogP contribution in [-0.4, -0.2) is 41.0 Å². The summed E-state index contributed by atoms with van der Waals surface area (Å²) in [6.45, 7) is 5.13. The summed E-state index contributed by atoms with van der Waals surface area (Å²) in [4.78, 5) is 22.3. The van der Waals surface area contributed by atoms with Gasteiger partial charge in [0, 0.05) is 50.0 Å². The van der Waals surface area contributed by atoms with Crippen LogP contribution in [0, 0.1) is 0 Å². The van der Waals surface area contributed by atoms with Crippen molar-refractivity contribution < 1.29 is 0 Å². The summed E-state index contributed by atoms with van der Waals surface area (Å²) in [5, 5.41) is 3.38. The van der Waals surface area contributed by atoms with Crippen molar-refractivity contribution in [1.29, 1.82) is 0 Å². The quantitative estimate of drug-likeness (QED) is 0.696. The van der Waals surface area contributed by atoms with Crippen molar-refractivity contribution in [3.63, 3.8) is 0 Å². The van der Waals surface area contributed by atoms with E-state index in [1.807, 2.05) is 30.3 Å². The number of rotatable bonds is 6. The Balaban J connectivity index is 1.51. The molecule has 0 spiro atoms. The zero-order valence-electron chi connectivity index (χ0n) is 16.0. The highest BCUT2D eigenvalue weighted by Crippen LogP contribution is 2.17. The molecular weight excluding hydrogens is 348 g/mol. The number of hydrogen-bond acceptors (Lipinski definition) is 4. The summed E-state index contributed by atoms with van der Waals surface area (Å²) >= 11 is 0. The van der Waals surface area contributed by atoms with E-state index in [1.165, 1.54) is 11.1 Å². The van der Waals surface area contributed by atoms with Crippen LogP contribution >= 0.6 is 0 Å². The lowest BCUT2D eigenvalue weighted by Crippen LogP contribution is -2.42. The number of aromatic amines is 1. The van der Waals surface area contributed by atoms with Crippen molar-refractivity contribution in [2.75, 3.05) is 26.2 Å². The molecule has 1 saturated heterocycles. The Morgan fingerprint density at radius 3 is 2.50 bits per heavy atom. The second kappa shape index (κ2) is 8.95. The van der Waals surface area contributed by atoms with Crippen molar-refractivity contribution in [2.45, 2.75) is 19.4 Å². The molecule has 1 aliphatic rings. The Labute approximate surface area is 165 Å². The van der Waals surface area contributed by atoms with Gasteiger partial charge in [0.25, 0.3) is 5.56 Å². The molecule has 2 aromatic carbocycles. The number of aromatic nitrogens is 2. The van der Waals surface area contributed by atoms with Gasteiger partial charge in [-0.2, -0.15) is 0 Å². The van der Waals surface area contributed by atoms with Crippen LogP contribution in [0.15, 0.2) is 65.5 Å². The van der Waals surface area contributed by atoms with Crippen molar-refractivity contribution >= 4 is 0 Å². The Hall–Kier alpha value is -2.76. The van der Waals surface area contributed by atoms with E-state index in [0.717, 1.165) is 56.8 Å². The molecule has 0 bridgehead atoms. The molecule has 5 nitrogen and oxygen atoms in total. The minimum Gasteiger partial charge on any atom is -0.314 e. The summed E-state index contributed by atoms with van der Waals surface area (Å²) in [6.07, 6.45) is 1.63. The van der Waals surface area contributed by atoms with Gasteiger partial charge < -0.3 is 10.3 Å². The monoisotopic (exact) mass is 374 g/mol. The first-order chi connectivity index (χ1) is 13.8. The van der Waals surface area contributed by atoms with E-state index in [9.17, 15) is 4.79 Å². The van der Waals surface area contributed by atoms with Crippen LogP contribution in [0.2, 0.25) is 0 Å². The molecule has 1 fully saturated rings. The minimum absolute atomic E-state index is 0.0967. The molecule has 4 rings (SSSR count). The number of hydrogen-bond donors (Lipinski definition) is 2. The lowest BCUT2D eigenvalue weighted by molar-refractivity contribution is 0.233. The third-order valence-corrected chi connectivity index (χ3v) is 5.12. The van der Waals surface area contributed by atoms with E-state index < -0.39 is 0 Å². The molecule has 2 N–H and O–H groups in total. The SMILES string of the molecule is O=c1cc(CCc2ccccc2)nc(-c2cccc(CN3CCNCC3)c2)[nH]1. The fourth-order valence-electron chi connectivity index (χ4n) is 3.63. The lowest BCUT2D eigenvalue weighted by Gasteiger charge is -2.27. The van der Waals surface area contributed by atoms with Gasteiger partial charge in [0.1, 0.15) is 5.82 Å². The number of H-pyrrole nitrogens is 1. The first-order valence-corrected chi connectivity index (χ1v) is 9.93. The molecule has 0 unspecified atom stereocenters. The van der Waals surface area contributed by atoms with Crippen LogP contribution < -0.4 is 10.9 Å². The summed E-state index contributed by atoms with van der Waals surface area (Å²) in [6, 6.07) is 20.2. The van der Waals surface area contributed by atoms with Crippen molar-refractivity contribution in [2.24, 2.45) is 0 Å². The van der Waals surface area contributed by atoms with E-state index in [0.29, 0.717) is 5.82 Å². The molecule has 0 amide bonds. The average molecular weight is 374 g/mol. The predicted molar refractivity (Wildman–Crippen MR) is 112 cm³/mol. The van der Waals surface area contributed by atoms with Gasteiger partial charge in [-0.15, -0.1) is 0 Å². The van der Waals surface area contributed by atoms with E-state index in [1.54, 1.807) is 6.07 Å². The molecule has 0 atom stereocenters. The van der Waals surface area contributed by atoms with Gasteiger partial charge in [0.15, 0.2) is 0 Å². The molecule has 0 radical (unpaired) electrons. The third kappa shape index (κ3) is 4.94. The maximum Gasteiger partial charge on any atom is 0.251 e. The second-order valence-electron chi connectivity index (χ2n) is 7.30. The molecule has 0 saturated carbocycles. The molecule has 1 aliphatic heterocycles. The molecule has 2 heterocycles. The van der Waals surface area contributed by atoms with Crippen molar-refractivity contribution in [1.82, 2.24) is 20.2 Å². The van der Waals surface area contributed by atoms with Crippen LogP contribution in [0.4, 0.5) is 0 Å². The van der Waals surface area contributed by atoms with Gasteiger partial charge in [-0.05, 0) is 30.0 Å². The van der Waals surface area contributed by atoms with E-state index >= 15 is 0 Å². The standard InChI is InChI=1S/C23H26N4O/c28-22-16-21(10-9-18-5-2-1-3-6-18)25-23(26-22)20-8-4-7-19(15-20)17-27-13-11-24-12-14-27/h1-8,15-16,24H,9-14,17H2,(H,25,26,28). The van der Waals surface area contributed by atoms with Crippen LogP contribution in [0.5, 0.6) is 0 Å². The summed E-state index contributed by atoms with van der Waals surface area (Å²) in [7, 11) is 0. The molecule has 3 aromatic rings. The van der Waals surface area contributed by atoms with Gasteiger partial charge in [-0.3, -0.25) is 9.69 Å². The molecular formula is C23H26N4O. The summed E-state index contributed by atoms with van der Waals surface area (Å²) in [5.74, 6) is 0.651. The number of benzene rings is 2. The molecule has 5 heteroatoms. The lowest BCUT2D eigenvalue weighted by atomic mass is 10.1. The molecule has 28 heavy (non-hydrogen) atoms. The summed E-state index contributed by atoms with van der Waals surface area (Å²) in [5.41, 5.74) is 4.20. The second-order valence-corrected chi connectivity index (χ2v) is 7.30. The van der Waals surface area contributed by atoms with E-state index in [4.69, 9.17) is 4.98 Å². The highest BCUT2D eigenvalue weighted by Gasteiger charge is 2.11. The smallest absolute Gasteiger partial charge is 0.251 e. The van der Waals surface area contributed by atoms with Crippen molar-refractivity contribution in [3.8, 4) is 11.4 Å². The number of nitrogens with one attached hydrogen (secondary N) is 2. The maximum atomic E-state index is 12.2. The molecule has 0 aliphatic carbocycles.